The molecule has 4 rings (SSSR count). The molecule has 0 spiro atoms. The first-order valence-corrected chi connectivity index (χ1v) is 16.1. The zero-order valence-corrected chi connectivity index (χ0v) is 25.3. The van der Waals surface area contributed by atoms with Gasteiger partial charge in [0.1, 0.15) is 6.61 Å². The van der Waals surface area contributed by atoms with E-state index in [0.29, 0.717) is 87.0 Å². The molecule has 0 bridgehead atoms. The zero-order valence-electron chi connectivity index (χ0n) is 24.5. The summed E-state index contributed by atoms with van der Waals surface area (Å²) >= 11 is 0. The first-order chi connectivity index (χ1) is 20.2. The maximum atomic E-state index is 13.1. The molecule has 232 valence electrons. The maximum absolute atomic E-state index is 13.1. The van der Waals surface area contributed by atoms with Crippen LogP contribution in [0.1, 0.15) is 48.5 Å². The van der Waals surface area contributed by atoms with Crippen LogP contribution in [0, 0.1) is 0 Å². The molecule has 0 atom stereocenters. The van der Waals surface area contributed by atoms with Crippen LogP contribution in [-0.2, 0) is 45.2 Å². The van der Waals surface area contributed by atoms with Gasteiger partial charge in [0.15, 0.2) is 0 Å². The number of hydrogen-bond donors (Lipinski definition) is 0. The van der Waals surface area contributed by atoms with Gasteiger partial charge in [-0.3, -0.25) is 9.59 Å². The summed E-state index contributed by atoms with van der Waals surface area (Å²) in [4.78, 5) is 41.2. The van der Waals surface area contributed by atoms with Crippen molar-refractivity contribution in [2.45, 2.75) is 39.2 Å². The Labute approximate surface area is 247 Å². The second-order valence-corrected chi connectivity index (χ2v) is 12.6. The van der Waals surface area contributed by atoms with Crippen LogP contribution in [0.3, 0.4) is 0 Å². The Balaban J connectivity index is 1.12. The van der Waals surface area contributed by atoms with Crippen LogP contribution in [0.15, 0.2) is 29.3 Å². The molecule has 1 saturated heterocycles. The largest absolute Gasteiger partial charge is 0.457 e. The topological polar surface area (TPSA) is 132 Å². The van der Waals surface area contributed by atoms with Crippen molar-refractivity contribution >= 4 is 33.5 Å². The maximum Gasteiger partial charge on any atom is 0.338 e. The minimum Gasteiger partial charge on any atom is -0.457 e. The summed E-state index contributed by atoms with van der Waals surface area (Å²) in [6.07, 6.45) is 3.11. The fourth-order valence-electron chi connectivity index (χ4n) is 5.27. The van der Waals surface area contributed by atoms with Gasteiger partial charge in [0, 0.05) is 50.0 Å². The van der Waals surface area contributed by atoms with Gasteiger partial charge in [0.05, 0.1) is 50.0 Å². The number of esters is 1. The van der Waals surface area contributed by atoms with Gasteiger partial charge in [-0.25, -0.2) is 18.1 Å². The van der Waals surface area contributed by atoms with Gasteiger partial charge in [-0.2, -0.15) is 4.31 Å². The van der Waals surface area contributed by atoms with Crippen molar-refractivity contribution in [3.8, 4) is 0 Å². The molecule has 0 radical (unpaired) electrons. The Hall–Kier alpha value is -2.68. The van der Waals surface area contributed by atoms with Crippen LogP contribution in [-0.4, -0.2) is 114 Å². The van der Waals surface area contributed by atoms with Gasteiger partial charge >= 0.3 is 5.97 Å². The van der Waals surface area contributed by atoms with Gasteiger partial charge in [-0.15, -0.1) is 0 Å². The number of piperazine rings is 1. The second kappa shape index (κ2) is 15.2. The number of sulfonamides is 1. The van der Waals surface area contributed by atoms with Crippen molar-refractivity contribution in [2.24, 2.45) is 0 Å². The smallest absolute Gasteiger partial charge is 0.338 e. The highest BCUT2D eigenvalue weighted by molar-refractivity contribution is 7.89. The number of fused-ring (bicyclic) bond motifs is 1. The molecule has 2 amide bonds. The number of cyclic esters (lactones) is 1. The van der Waals surface area contributed by atoms with Crippen LogP contribution in [0.2, 0.25) is 0 Å². The second-order valence-electron chi connectivity index (χ2n) is 10.6. The number of nitrogens with zero attached hydrogens (tertiary/aromatic N) is 3. The minimum absolute atomic E-state index is 0.0421. The minimum atomic E-state index is -3.36. The molecule has 3 aliphatic rings. The van der Waals surface area contributed by atoms with Crippen molar-refractivity contribution in [1.29, 1.82) is 0 Å². The average Bonchev–Trinajstić information content (AvgIpc) is 3.45. The summed E-state index contributed by atoms with van der Waals surface area (Å²) in [5.41, 5.74) is 2.59. The Morgan fingerprint density at radius 2 is 1.60 bits per heavy atom. The van der Waals surface area contributed by atoms with Gasteiger partial charge in [-0.05, 0) is 50.9 Å². The normalized spacial score (nSPS) is 18.3. The third kappa shape index (κ3) is 8.03. The summed E-state index contributed by atoms with van der Waals surface area (Å²) in [6, 6.07) is 4.88. The van der Waals surface area contributed by atoms with E-state index in [1.807, 2.05) is 0 Å². The van der Waals surface area contributed by atoms with Crippen LogP contribution < -0.4 is 4.90 Å². The van der Waals surface area contributed by atoms with Crippen molar-refractivity contribution in [2.75, 3.05) is 83.5 Å². The zero-order chi connectivity index (χ0) is 30.1. The number of hydrogen-bond acceptors (Lipinski definition) is 10. The van der Waals surface area contributed by atoms with Crippen molar-refractivity contribution in [3.63, 3.8) is 0 Å². The van der Waals surface area contributed by atoms with E-state index < -0.39 is 16.0 Å². The van der Waals surface area contributed by atoms with Crippen molar-refractivity contribution in [3.05, 3.63) is 40.5 Å². The van der Waals surface area contributed by atoms with Crippen LogP contribution in [0.5, 0.6) is 0 Å². The third-order valence-electron chi connectivity index (χ3n) is 7.78. The number of anilines is 1. The molecule has 42 heavy (non-hydrogen) atoms. The predicted molar refractivity (Wildman–Crippen MR) is 155 cm³/mol. The Morgan fingerprint density at radius 1 is 0.881 bits per heavy atom. The number of carbonyl (C=O) groups is 3. The summed E-state index contributed by atoms with van der Waals surface area (Å²) in [6.45, 7) is 6.85. The molecule has 3 aliphatic heterocycles. The van der Waals surface area contributed by atoms with Gasteiger partial charge < -0.3 is 23.8 Å². The molecule has 13 heteroatoms. The monoisotopic (exact) mass is 607 g/mol. The number of rotatable bonds is 17. The number of imide groups is 1. The summed E-state index contributed by atoms with van der Waals surface area (Å²) in [5.74, 6) is -1.07. The molecule has 0 aliphatic carbocycles. The van der Waals surface area contributed by atoms with E-state index in [4.69, 9.17) is 18.9 Å². The average molecular weight is 608 g/mol. The highest BCUT2D eigenvalue weighted by atomic mass is 32.2. The number of benzene rings is 1. The first kappa shape index (κ1) is 32.2. The summed E-state index contributed by atoms with van der Waals surface area (Å²) < 4.78 is 47.4. The predicted octanol–water partition coefficient (Wildman–Crippen LogP) is 1.73. The molecule has 0 N–H and O–H groups in total. The van der Waals surface area contributed by atoms with E-state index in [-0.39, 0.29) is 30.8 Å². The van der Waals surface area contributed by atoms with Crippen LogP contribution in [0.25, 0.3) is 0 Å². The molecular weight excluding hydrogens is 566 g/mol. The Morgan fingerprint density at radius 3 is 2.33 bits per heavy atom. The van der Waals surface area contributed by atoms with Crippen molar-refractivity contribution in [1.82, 2.24) is 9.21 Å². The molecule has 0 unspecified atom stereocenters. The number of carbonyl (C=O) groups excluding carboxylic acids is 3. The van der Waals surface area contributed by atoms with Gasteiger partial charge in [-0.1, -0.05) is 6.42 Å². The molecule has 0 saturated carbocycles. The highest BCUT2D eigenvalue weighted by Gasteiger charge is 2.37. The van der Waals surface area contributed by atoms with Crippen LogP contribution in [0.4, 0.5) is 5.69 Å². The SMILES string of the molecule is COCCOCCOCCS(=O)(=O)N1CCN(CCCCCC2=C(C)C(=O)N(c3ccc4c(c3)COC4=O)C2=O)CC1. The summed E-state index contributed by atoms with van der Waals surface area (Å²) in [5, 5.41) is 0. The Kier molecular flexibility index (Phi) is 11.6. The van der Waals surface area contributed by atoms with E-state index in [9.17, 15) is 22.8 Å². The number of unbranched alkanes of at least 4 members (excludes halogenated alkanes) is 2. The number of methoxy groups -OCH3 is 1. The molecule has 1 aromatic carbocycles. The van der Waals surface area contributed by atoms with E-state index in [0.717, 1.165) is 25.8 Å². The lowest BCUT2D eigenvalue weighted by Gasteiger charge is -2.34. The van der Waals surface area contributed by atoms with Crippen LogP contribution >= 0.6 is 0 Å². The highest BCUT2D eigenvalue weighted by Crippen LogP contribution is 2.32. The lowest BCUT2D eigenvalue weighted by Crippen LogP contribution is -2.49. The lowest BCUT2D eigenvalue weighted by atomic mass is 10.0. The third-order valence-corrected chi connectivity index (χ3v) is 9.61. The molecule has 1 aromatic rings. The number of ether oxygens (including phenoxy) is 4. The van der Waals surface area contributed by atoms with E-state index in [1.54, 1.807) is 32.2 Å². The number of amides is 2. The molecule has 1 fully saturated rings. The van der Waals surface area contributed by atoms with Gasteiger partial charge in [0.25, 0.3) is 11.8 Å². The standard InChI is InChI=1S/C29H41N3O9S/c1-22-25(28(34)32(27(22)33)24-7-8-26-23(20-24)21-41-29(26)35)6-4-3-5-9-30-10-12-31(13-11-30)42(36,37)19-18-40-17-16-39-15-14-38-2/h7-8,20H,3-6,9-19,21H2,1-2H3. The molecular formula is C29H41N3O9S. The van der Waals surface area contributed by atoms with E-state index in [2.05, 4.69) is 4.90 Å². The fraction of sp³-hybridized carbons (Fsp3) is 0.621. The van der Waals surface area contributed by atoms with Crippen molar-refractivity contribution < 1.29 is 41.7 Å². The van der Waals surface area contributed by atoms with E-state index in [1.165, 1.54) is 9.21 Å². The summed E-state index contributed by atoms with van der Waals surface area (Å²) in [7, 11) is -1.76. The fourth-order valence-corrected chi connectivity index (χ4v) is 6.58. The lowest BCUT2D eigenvalue weighted by molar-refractivity contribution is -0.120. The Bertz CT molecular complexity index is 1270. The van der Waals surface area contributed by atoms with Gasteiger partial charge in [0.2, 0.25) is 10.0 Å². The molecule has 12 nitrogen and oxygen atoms in total. The molecule has 3 heterocycles. The first-order valence-electron chi connectivity index (χ1n) is 14.5. The quantitative estimate of drug-likeness (QED) is 0.147. The van der Waals surface area contributed by atoms with E-state index >= 15 is 0 Å². The molecule has 0 aromatic heterocycles.